The molecule has 134 valence electrons. The number of aromatic nitrogens is 2. The summed E-state index contributed by atoms with van der Waals surface area (Å²) in [5.74, 6) is -0.211. The van der Waals surface area contributed by atoms with Gasteiger partial charge in [-0.15, -0.1) is 0 Å². The van der Waals surface area contributed by atoms with E-state index in [9.17, 15) is 4.79 Å². The standard InChI is InChI=1S/C17H14N2S.C4H8O2/c1-10-7-8-14-13(9-10)16(11(2)18-14)17-12-5-3-4-6-15(12)20-19-17;1-3-6-4(2)5/h3-9,18H,1-2H3;3H2,1-2H3. The van der Waals surface area contributed by atoms with Gasteiger partial charge in [0.15, 0.2) is 0 Å². The highest BCUT2D eigenvalue weighted by Gasteiger charge is 2.15. The van der Waals surface area contributed by atoms with Crippen molar-refractivity contribution in [2.24, 2.45) is 0 Å². The highest BCUT2D eigenvalue weighted by atomic mass is 32.1. The van der Waals surface area contributed by atoms with E-state index in [0.29, 0.717) is 6.61 Å². The highest BCUT2D eigenvalue weighted by Crippen LogP contribution is 2.37. The largest absolute Gasteiger partial charge is 0.466 e. The number of benzene rings is 2. The first-order valence-electron chi connectivity index (χ1n) is 8.58. The van der Waals surface area contributed by atoms with Gasteiger partial charge in [-0.05, 0) is 50.5 Å². The number of carbonyl (C=O) groups excluding carboxylic acids is 1. The summed E-state index contributed by atoms with van der Waals surface area (Å²) in [6.45, 7) is 7.91. The van der Waals surface area contributed by atoms with Crippen LogP contribution in [0.3, 0.4) is 0 Å². The summed E-state index contributed by atoms with van der Waals surface area (Å²) in [5.41, 5.74) is 5.97. The number of esters is 1. The first-order valence-corrected chi connectivity index (χ1v) is 9.35. The summed E-state index contributed by atoms with van der Waals surface area (Å²) in [5, 5.41) is 2.50. The number of rotatable bonds is 2. The lowest BCUT2D eigenvalue weighted by Crippen LogP contribution is -1.95. The van der Waals surface area contributed by atoms with E-state index in [1.165, 1.54) is 44.7 Å². The van der Waals surface area contributed by atoms with Crippen LogP contribution in [0.5, 0.6) is 0 Å². The number of nitrogens with zero attached hydrogens (tertiary/aromatic N) is 1. The maximum atomic E-state index is 9.82. The second kappa shape index (κ2) is 7.70. The summed E-state index contributed by atoms with van der Waals surface area (Å²) in [4.78, 5) is 13.3. The Morgan fingerprint density at radius 1 is 1.15 bits per heavy atom. The number of fused-ring (bicyclic) bond motifs is 2. The number of aryl methyl sites for hydroxylation is 2. The van der Waals surface area contributed by atoms with Gasteiger partial charge in [0.05, 0.1) is 17.0 Å². The van der Waals surface area contributed by atoms with Gasteiger partial charge in [0.1, 0.15) is 0 Å². The fourth-order valence-electron chi connectivity index (χ4n) is 3.02. The molecule has 26 heavy (non-hydrogen) atoms. The molecule has 0 bridgehead atoms. The van der Waals surface area contributed by atoms with E-state index in [4.69, 9.17) is 4.37 Å². The Bertz CT molecular complexity index is 1060. The Morgan fingerprint density at radius 2 is 1.92 bits per heavy atom. The first kappa shape index (κ1) is 18.1. The van der Waals surface area contributed by atoms with Gasteiger partial charge in [-0.3, -0.25) is 4.79 Å². The number of ether oxygens (including phenoxy) is 1. The quantitative estimate of drug-likeness (QED) is 0.468. The predicted octanol–water partition coefficient (Wildman–Crippen LogP) is 5.63. The van der Waals surface area contributed by atoms with Crippen molar-refractivity contribution in [3.8, 4) is 11.3 Å². The molecule has 1 N–H and O–H groups in total. The summed E-state index contributed by atoms with van der Waals surface area (Å²) in [7, 11) is 0. The molecule has 4 nitrogen and oxygen atoms in total. The average molecular weight is 366 g/mol. The van der Waals surface area contributed by atoms with Gasteiger partial charge in [-0.2, -0.15) is 4.37 Å². The number of hydrogen-bond acceptors (Lipinski definition) is 4. The van der Waals surface area contributed by atoms with Crippen LogP contribution in [0.4, 0.5) is 0 Å². The third kappa shape index (κ3) is 3.63. The number of nitrogens with one attached hydrogen (secondary N) is 1. The van der Waals surface area contributed by atoms with Crippen molar-refractivity contribution in [3.63, 3.8) is 0 Å². The van der Waals surface area contributed by atoms with Crippen LogP contribution < -0.4 is 0 Å². The molecule has 0 aliphatic carbocycles. The van der Waals surface area contributed by atoms with Crippen LogP contribution in [0.2, 0.25) is 0 Å². The topological polar surface area (TPSA) is 55.0 Å². The summed E-state index contributed by atoms with van der Waals surface area (Å²) < 4.78 is 10.3. The second-order valence-electron chi connectivity index (χ2n) is 6.13. The van der Waals surface area contributed by atoms with Crippen molar-refractivity contribution in [2.75, 3.05) is 6.61 Å². The molecule has 0 aliphatic rings. The lowest BCUT2D eigenvalue weighted by Gasteiger charge is -1.99. The zero-order valence-corrected chi connectivity index (χ0v) is 16.2. The molecule has 2 aromatic carbocycles. The molecule has 0 aliphatic heterocycles. The maximum absolute atomic E-state index is 9.82. The van der Waals surface area contributed by atoms with E-state index >= 15 is 0 Å². The minimum Gasteiger partial charge on any atom is -0.466 e. The SMILES string of the molecule is CCOC(C)=O.Cc1ccc2[nH]c(C)c(-c3nsc4ccccc34)c2c1. The van der Waals surface area contributed by atoms with Crippen molar-refractivity contribution in [1.82, 2.24) is 9.36 Å². The lowest BCUT2D eigenvalue weighted by molar-refractivity contribution is -0.140. The molecule has 0 unspecified atom stereocenters. The maximum Gasteiger partial charge on any atom is 0.302 e. The fourth-order valence-corrected chi connectivity index (χ4v) is 3.80. The molecule has 4 rings (SSSR count). The van der Waals surface area contributed by atoms with Crippen molar-refractivity contribution >= 4 is 38.5 Å². The molecule has 4 aromatic rings. The molecule has 0 fully saturated rings. The van der Waals surface area contributed by atoms with E-state index < -0.39 is 0 Å². The monoisotopic (exact) mass is 366 g/mol. The zero-order chi connectivity index (χ0) is 18.7. The number of aromatic amines is 1. The van der Waals surface area contributed by atoms with Crippen LogP contribution in [0, 0.1) is 13.8 Å². The molecular formula is C21H22N2O2S. The van der Waals surface area contributed by atoms with Crippen LogP contribution in [-0.4, -0.2) is 21.9 Å². The van der Waals surface area contributed by atoms with E-state index in [1.807, 2.05) is 0 Å². The molecule has 0 spiro atoms. The Hall–Kier alpha value is -2.66. The van der Waals surface area contributed by atoms with Crippen molar-refractivity contribution in [2.45, 2.75) is 27.7 Å². The molecule has 0 radical (unpaired) electrons. The number of carbonyl (C=O) groups is 1. The summed E-state index contributed by atoms with van der Waals surface area (Å²) in [6, 6.07) is 15.0. The molecule has 0 saturated carbocycles. The third-order valence-corrected chi connectivity index (χ3v) is 4.93. The fraction of sp³-hybridized carbons (Fsp3) is 0.238. The van der Waals surface area contributed by atoms with Crippen molar-refractivity contribution < 1.29 is 9.53 Å². The van der Waals surface area contributed by atoms with Gasteiger partial charge in [-0.1, -0.05) is 29.8 Å². The predicted molar refractivity (Wildman–Crippen MR) is 109 cm³/mol. The third-order valence-electron chi connectivity index (χ3n) is 4.10. The molecule has 0 amide bonds. The van der Waals surface area contributed by atoms with Crippen molar-refractivity contribution in [1.29, 1.82) is 0 Å². The minimum absolute atomic E-state index is 0.211. The highest BCUT2D eigenvalue weighted by molar-refractivity contribution is 7.13. The Morgan fingerprint density at radius 3 is 2.62 bits per heavy atom. The van der Waals surface area contributed by atoms with Crippen molar-refractivity contribution in [3.05, 3.63) is 53.7 Å². The smallest absolute Gasteiger partial charge is 0.302 e. The zero-order valence-electron chi connectivity index (χ0n) is 15.4. The summed E-state index contributed by atoms with van der Waals surface area (Å²) in [6.07, 6.45) is 0. The Balaban J connectivity index is 0.000000286. The number of hydrogen-bond donors (Lipinski definition) is 1. The van der Waals surface area contributed by atoms with Gasteiger partial charge in [0.25, 0.3) is 0 Å². The van der Waals surface area contributed by atoms with Crippen LogP contribution in [0.1, 0.15) is 25.1 Å². The average Bonchev–Trinajstić information content (AvgIpc) is 3.15. The number of H-pyrrole nitrogens is 1. The molecular weight excluding hydrogens is 344 g/mol. The van der Waals surface area contributed by atoms with Crippen LogP contribution >= 0.6 is 11.5 Å². The van der Waals surface area contributed by atoms with Gasteiger partial charge >= 0.3 is 5.97 Å². The Kier molecular flexibility index (Phi) is 5.38. The first-order chi connectivity index (χ1) is 12.5. The van der Waals surface area contributed by atoms with Gasteiger partial charge in [0, 0.05) is 34.5 Å². The lowest BCUT2D eigenvalue weighted by atomic mass is 10.0. The Labute approximate surface area is 157 Å². The van der Waals surface area contributed by atoms with Gasteiger partial charge in [0.2, 0.25) is 0 Å². The molecule has 2 aromatic heterocycles. The second-order valence-corrected chi connectivity index (χ2v) is 6.93. The van der Waals surface area contributed by atoms with Gasteiger partial charge in [-0.25, -0.2) is 0 Å². The van der Waals surface area contributed by atoms with E-state index in [1.54, 1.807) is 18.5 Å². The minimum atomic E-state index is -0.211. The summed E-state index contributed by atoms with van der Waals surface area (Å²) >= 11 is 1.57. The van der Waals surface area contributed by atoms with Crippen LogP contribution in [0.15, 0.2) is 42.5 Å². The van der Waals surface area contributed by atoms with Crippen LogP contribution in [0.25, 0.3) is 32.2 Å². The molecule has 0 saturated heterocycles. The normalized spacial score (nSPS) is 10.6. The van der Waals surface area contributed by atoms with Crippen LogP contribution in [-0.2, 0) is 9.53 Å². The van der Waals surface area contributed by atoms with E-state index in [-0.39, 0.29) is 5.97 Å². The molecule has 5 heteroatoms. The molecule has 2 heterocycles. The van der Waals surface area contributed by atoms with E-state index in [0.717, 1.165) is 5.69 Å². The van der Waals surface area contributed by atoms with Gasteiger partial charge < -0.3 is 9.72 Å². The molecule has 0 atom stereocenters. The van der Waals surface area contributed by atoms with E-state index in [2.05, 4.69) is 66.0 Å².